The molecule has 1 aliphatic carbocycles. The van der Waals surface area contributed by atoms with Gasteiger partial charge in [0.15, 0.2) is 0 Å². The number of hydrogen-bond acceptors (Lipinski definition) is 4. The number of ether oxygens (including phenoxy) is 1. The highest BCUT2D eigenvalue weighted by Gasteiger charge is 2.26. The molecule has 0 radical (unpaired) electrons. The summed E-state index contributed by atoms with van der Waals surface area (Å²) < 4.78 is 5.66. The predicted octanol–water partition coefficient (Wildman–Crippen LogP) is 1.71. The quantitative estimate of drug-likeness (QED) is 0.826. The number of nitrogens with zero attached hydrogens (tertiary/aromatic N) is 1. The van der Waals surface area contributed by atoms with Gasteiger partial charge in [-0.1, -0.05) is 6.92 Å². The Bertz CT molecular complexity index is 294. The zero-order valence-electron chi connectivity index (χ0n) is 8.40. The molecule has 0 saturated heterocycles. The van der Waals surface area contributed by atoms with Crippen molar-refractivity contribution in [2.45, 2.75) is 44.9 Å². The van der Waals surface area contributed by atoms with E-state index in [0.29, 0.717) is 18.8 Å². The van der Waals surface area contributed by atoms with Gasteiger partial charge in [0.25, 0.3) is 0 Å². The Kier molecular flexibility index (Phi) is 3.15. The molecule has 1 fully saturated rings. The van der Waals surface area contributed by atoms with E-state index in [4.69, 9.17) is 10.5 Å². The van der Waals surface area contributed by atoms with Crippen LogP contribution in [0.4, 0.5) is 0 Å². The first-order chi connectivity index (χ1) is 6.78. The average Bonchev–Trinajstić information content (AvgIpc) is 2.58. The molecule has 2 rings (SSSR count). The molecule has 2 N–H and O–H groups in total. The fraction of sp³-hybridized carbons (Fsp3) is 0.700. The second-order valence-corrected chi connectivity index (χ2v) is 4.69. The van der Waals surface area contributed by atoms with Gasteiger partial charge in [0.1, 0.15) is 0 Å². The van der Waals surface area contributed by atoms with Crippen molar-refractivity contribution in [3.05, 3.63) is 16.1 Å². The number of aryl methyl sites for hydroxylation is 1. The van der Waals surface area contributed by atoms with Crippen LogP contribution in [-0.4, -0.2) is 17.1 Å². The van der Waals surface area contributed by atoms with Crippen molar-refractivity contribution in [1.29, 1.82) is 0 Å². The van der Waals surface area contributed by atoms with Crippen molar-refractivity contribution >= 4 is 11.3 Å². The minimum Gasteiger partial charge on any atom is -0.372 e. The van der Waals surface area contributed by atoms with Gasteiger partial charge in [-0.05, 0) is 19.3 Å². The van der Waals surface area contributed by atoms with Crippen LogP contribution in [0.5, 0.6) is 0 Å². The molecule has 78 valence electrons. The molecule has 1 aromatic rings. The summed E-state index contributed by atoms with van der Waals surface area (Å²) in [5.41, 5.74) is 6.73. The lowest BCUT2D eigenvalue weighted by Crippen LogP contribution is -2.41. The monoisotopic (exact) mass is 212 g/mol. The molecule has 0 spiro atoms. The third-order valence-electron chi connectivity index (χ3n) is 2.50. The fourth-order valence-electron chi connectivity index (χ4n) is 1.52. The van der Waals surface area contributed by atoms with Crippen LogP contribution in [0.2, 0.25) is 0 Å². The van der Waals surface area contributed by atoms with E-state index >= 15 is 0 Å². The molecule has 14 heavy (non-hydrogen) atoms. The van der Waals surface area contributed by atoms with Crippen molar-refractivity contribution in [3.8, 4) is 0 Å². The maximum atomic E-state index is 5.67. The topological polar surface area (TPSA) is 48.1 Å². The lowest BCUT2D eigenvalue weighted by atomic mass is 9.90. The smallest absolute Gasteiger partial charge is 0.0926 e. The number of nitrogens with two attached hydrogens (primary N) is 1. The van der Waals surface area contributed by atoms with Crippen LogP contribution in [-0.2, 0) is 17.8 Å². The summed E-state index contributed by atoms with van der Waals surface area (Å²) in [7, 11) is 0. The van der Waals surface area contributed by atoms with Crippen molar-refractivity contribution in [2.75, 3.05) is 0 Å². The Morgan fingerprint density at radius 2 is 2.43 bits per heavy atom. The Balaban J connectivity index is 1.75. The van der Waals surface area contributed by atoms with E-state index in [1.807, 2.05) is 0 Å². The molecule has 4 heteroatoms. The van der Waals surface area contributed by atoms with Crippen molar-refractivity contribution in [1.82, 2.24) is 4.98 Å². The van der Waals surface area contributed by atoms with Gasteiger partial charge in [-0.15, -0.1) is 11.3 Å². The zero-order chi connectivity index (χ0) is 9.97. The van der Waals surface area contributed by atoms with E-state index in [1.165, 1.54) is 5.01 Å². The highest BCUT2D eigenvalue weighted by atomic mass is 32.1. The molecule has 0 atom stereocenters. The zero-order valence-corrected chi connectivity index (χ0v) is 9.22. The summed E-state index contributed by atoms with van der Waals surface area (Å²) in [5, 5.41) is 3.27. The largest absolute Gasteiger partial charge is 0.372 e. The third-order valence-corrected chi connectivity index (χ3v) is 3.54. The molecule has 0 bridgehead atoms. The maximum Gasteiger partial charge on any atom is 0.0926 e. The van der Waals surface area contributed by atoms with Crippen LogP contribution in [0.3, 0.4) is 0 Å². The first-order valence-corrected chi connectivity index (χ1v) is 5.96. The van der Waals surface area contributed by atoms with Crippen LogP contribution in [0.15, 0.2) is 5.38 Å². The van der Waals surface area contributed by atoms with Gasteiger partial charge in [-0.3, -0.25) is 0 Å². The van der Waals surface area contributed by atoms with E-state index < -0.39 is 0 Å². The van der Waals surface area contributed by atoms with Gasteiger partial charge >= 0.3 is 0 Å². The Labute approximate surface area is 88.3 Å². The Morgan fingerprint density at radius 3 is 3.00 bits per heavy atom. The van der Waals surface area contributed by atoms with Crippen LogP contribution >= 0.6 is 11.3 Å². The molecule has 1 saturated carbocycles. The van der Waals surface area contributed by atoms with Crippen LogP contribution in [0, 0.1) is 0 Å². The summed E-state index contributed by atoms with van der Waals surface area (Å²) in [5.74, 6) is 0. The lowest BCUT2D eigenvalue weighted by molar-refractivity contribution is -0.0200. The number of aromatic nitrogens is 1. The standard InChI is InChI=1S/C10H16N2OS/c1-2-10-12-8(6-14-10)5-13-9-3-7(11)4-9/h6-7,9H,2-5,11H2,1H3. The van der Waals surface area contributed by atoms with Crippen LogP contribution in [0.1, 0.15) is 30.5 Å². The second kappa shape index (κ2) is 4.38. The van der Waals surface area contributed by atoms with Gasteiger partial charge in [0.05, 0.1) is 23.4 Å². The highest BCUT2D eigenvalue weighted by molar-refractivity contribution is 7.09. The van der Waals surface area contributed by atoms with Crippen molar-refractivity contribution in [3.63, 3.8) is 0 Å². The van der Waals surface area contributed by atoms with Crippen molar-refractivity contribution < 1.29 is 4.74 Å². The molecule has 0 aliphatic heterocycles. The minimum atomic E-state index is 0.363. The summed E-state index contributed by atoms with van der Waals surface area (Å²) in [6, 6.07) is 0.363. The Morgan fingerprint density at radius 1 is 1.64 bits per heavy atom. The molecule has 0 aromatic carbocycles. The van der Waals surface area contributed by atoms with Gasteiger partial charge in [-0.25, -0.2) is 4.98 Å². The molecule has 0 unspecified atom stereocenters. The normalized spacial score (nSPS) is 26.1. The summed E-state index contributed by atoms with van der Waals surface area (Å²) in [4.78, 5) is 4.44. The number of hydrogen-bond donors (Lipinski definition) is 1. The molecule has 1 aliphatic rings. The van der Waals surface area contributed by atoms with Gasteiger partial charge in [-0.2, -0.15) is 0 Å². The predicted molar refractivity (Wildman–Crippen MR) is 57.3 cm³/mol. The molecule has 3 nitrogen and oxygen atoms in total. The summed E-state index contributed by atoms with van der Waals surface area (Å²) in [6.45, 7) is 2.77. The van der Waals surface area contributed by atoms with Gasteiger partial charge < -0.3 is 10.5 Å². The highest BCUT2D eigenvalue weighted by Crippen LogP contribution is 2.22. The van der Waals surface area contributed by atoms with Gasteiger partial charge in [0, 0.05) is 11.4 Å². The number of rotatable bonds is 4. The summed E-state index contributed by atoms with van der Waals surface area (Å²) in [6.07, 6.45) is 3.39. The number of thiazole rings is 1. The molecule has 1 aromatic heterocycles. The lowest BCUT2D eigenvalue weighted by Gasteiger charge is -2.31. The molecular formula is C10H16N2OS. The second-order valence-electron chi connectivity index (χ2n) is 3.75. The van der Waals surface area contributed by atoms with Crippen LogP contribution in [0.25, 0.3) is 0 Å². The van der Waals surface area contributed by atoms with E-state index in [2.05, 4.69) is 17.3 Å². The Hall–Kier alpha value is -0.450. The maximum absolute atomic E-state index is 5.67. The first kappa shape index (κ1) is 10.1. The minimum absolute atomic E-state index is 0.363. The third kappa shape index (κ3) is 2.32. The average molecular weight is 212 g/mol. The van der Waals surface area contributed by atoms with Crippen molar-refractivity contribution in [2.24, 2.45) is 5.73 Å². The fourth-order valence-corrected chi connectivity index (χ4v) is 2.25. The molecular weight excluding hydrogens is 196 g/mol. The van der Waals surface area contributed by atoms with Crippen LogP contribution < -0.4 is 5.73 Å². The molecule has 0 amide bonds. The van der Waals surface area contributed by atoms with E-state index in [-0.39, 0.29) is 0 Å². The van der Waals surface area contributed by atoms with E-state index in [0.717, 1.165) is 25.0 Å². The molecule has 1 heterocycles. The van der Waals surface area contributed by atoms with E-state index in [1.54, 1.807) is 11.3 Å². The summed E-state index contributed by atoms with van der Waals surface area (Å²) >= 11 is 1.71. The van der Waals surface area contributed by atoms with E-state index in [9.17, 15) is 0 Å². The first-order valence-electron chi connectivity index (χ1n) is 5.08. The van der Waals surface area contributed by atoms with Gasteiger partial charge in [0.2, 0.25) is 0 Å². The SMILES string of the molecule is CCc1nc(COC2CC(N)C2)cs1.